The molecule has 0 radical (unpaired) electrons. The first-order valence-corrected chi connectivity index (χ1v) is 12.9. The Hall–Kier alpha value is -4.28. The van der Waals surface area contributed by atoms with E-state index in [9.17, 15) is 18.8 Å². The van der Waals surface area contributed by atoms with Gasteiger partial charge in [0.15, 0.2) is 0 Å². The molecular formula is C28H34FN7O3. The molecule has 1 aliphatic heterocycles. The third-order valence-electron chi connectivity index (χ3n) is 7.07. The lowest BCUT2D eigenvalue weighted by atomic mass is 9.81. The molecule has 39 heavy (non-hydrogen) atoms. The zero-order valence-electron chi connectivity index (χ0n) is 22.8. The van der Waals surface area contributed by atoms with E-state index >= 15 is 0 Å². The maximum absolute atomic E-state index is 13.7. The van der Waals surface area contributed by atoms with Crippen molar-refractivity contribution < 1.29 is 18.8 Å². The Labute approximate surface area is 227 Å². The molecule has 3 N–H and O–H groups in total. The second-order valence-electron chi connectivity index (χ2n) is 10.1. The largest absolute Gasteiger partial charge is 0.384 e. The summed E-state index contributed by atoms with van der Waals surface area (Å²) in [6.45, 7) is 5.54. The molecule has 2 aromatic heterocycles. The molecule has 10 nitrogen and oxygen atoms in total. The average molecular weight is 536 g/mol. The van der Waals surface area contributed by atoms with E-state index in [1.54, 1.807) is 57.2 Å². The molecule has 11 heteroatoms. The number of aromatic nitrogens is 3. The maximum atomic E-state index is 13.7. The second kappa shape index (κ2) is 11.2. The predicted octanol–water partition coefficient (Wildman–Crippen LogP) is 3.44. The summed E-state index contributed by atoms with van der Waals surface area (Å²) < 4.78 is 15.3. The minimum absolute atomic E-state index is 0.225. The first-order valence-electron chi connectivity index (χ1n) is 12.9. The molecule has 0 aliphatic carbocycles. The number of nitrogens with one attached hydrogen (secondary N) is 1. The number of hydrogen-bond donors (Lipinski definition) is 2. The van der Waals surface area contributed by atoms with Crippen molar-refractivity contribution in [2.45, 2.75) is 52.1 Å². The minimum atomic E-state index is -1.03. The number of rotatable bonds is 8. The maximum Gasteiger partial charge on any atom is 0.325 e. The fraction of sp³-hybridized carbons (Fsp3) is 0.393. The summed E-state index contributed by atoms with van der Waals surface area (Å²) >= 11 is 0. The summed E-state index contributed by atoms with van der Waals surface area (Å²) in [6.07, 6.45) is 4.77. The summed E-state index contributed by atoms with van der Waals surface area (Å²) in [6, 6.07) is 5.73. The van der Waals surface area contributed by atoms with E-state index in [0.29, 0.717) is 29.2 Å². The van der Waals surface area contributed by atoms with Crippen LogP contribution in [0.15, 0.2) is 42.7 Å². The molecule has 1 aliphatic rings. The van der Waals surface area contributed by atoms with Gasteiger partial charge in [0.25, 0.3) is 5.91 Å². The fourth-order valence-corrected chi connectivity index (χ4v) is 5.15. The molecule has 0 unspecified atom stereocenters. The Morgan fingerprint density at radius 1 is 1.23 bits per heavy atom. The number of imide groups is 1. The van der Waals surface area contributed by atoms with Crippen molar-refractivity contribution >= 4 is 29.4 Å². The van der Waals surface area contributed by atoms with Gasteiger partial charge in [-0.25, -0.2) is 14.2 Å². The number of β-lactam (4-membered cyclic amide) rings is 1. The van der Waals surface area contributed by atoms with E-state index in [1.165, 1.54) is 17.0 Å². The molecule has 206 valence electrons. The molecule has 4 rings (SSSR count). The van der Waals surface area contributed by atoms with Gasteiger partial charge in [0.2, 0.25) is 5.91 Å². The number of carbonyl (C=O) groups is 3. The van der Waals surface area contributed by atoms with Gasteiger partial charge in [-0.1, -0.05) is 19.4 Å². The average Bonchev–Trinajstić information content (AvgIpc) is 3.30. The van der Waals surface area contributed by atoms with Crippen LogP contribution in [-0.2, 0) is 23.1 Å². The number of hydrogen-bond acceptors (Lipinski definition) is 6. The van der Waals surface area contributed by atoms with E-state index in [-0.39, 0.29) is 12.2 Å². The van der Waals surface area contributed by atoms with Crippen LogP contribution in [0, 0.1) is 25.6 Å². The molecular weight excluding hydrogens is 501 g/mol. The number of amides is 4. The van der Waals surface area contributed by atoms with Gasteiger partial charge in [-0.05, 0) is 67.6 Å². The number of pyridine rings is 1. The van der Waals surface area contributed by atoms with Crippen LogP contribution >= 0.6 is 0 Å². The van der Waals surface area contributed by atoms with E-state index in [4.69, 9.17) is 5.73 Å². The monoisotopic (exact) mass is 535 g/mol. The fourth-order valence-electron chi connectivity index (χ4n) is 5.15. The Kier molecular flexibility index (Phi) is 7.98. The van der Waals surface area contributed by atoms with Crippen LogP contribution in [0.1, 0.15) is 48.2 Å². The summed E-state index contributed by atoms with van der Waals surface area (Å²) in [5.74, 6) is -1.68. The van der Waals surface area contributed by atoms with Crippen molar-refractivity contribution in [1.29, 1.82) is 0 Å². The number of benzene rings is 1. The summed E-state index contributed by atoms with van der Waals surface area (Å²) in [7, 11) is 3.32. The Morgan fingerprint density at radius 3 is 2.59 bits per heavy atom. The van der Waals surface area contributed by atoms with Gasteiger partial charge in [0.1, 0.15) is 17.7 Å². The number of aryl methyl sites for hydroxylation is 3. The van der Waals surface area contributed by atoms with Crippen molar-refractivity contribution in [3.8, 4) is 0 Å². The van der Waals surface area contributed by atoms with Crippen molar-refractivity contribution in [2.24, 2.45) is 13.0 Å². The molecule has 3 atom stereocenters. The molecule has 0 bridgehead atoms. The highest BCUT2D eigenvalue weighted by Crippen LogP contribution is 2.34. The van der Waals surface area contributed by atoms with Crippen LogP contribution in [0.3, 0.4) is 0 Å². The lowest BCUT2D eigenvalue weighted by molar-refractivity contribution is -0.156. The van der Waals surface area contributed by atoms with Crippen molar-refractivity contribution in [1.82, 2.24) is 25.0 Å². The first-order chi connectivity index (χ1) is 18.5. The van der Waals surface area contributed by atoms with Crippen molar-refractivity contribution in [3.63, 3.8) is 0 Å². The number of nitrogens with two attached hydrogens (primary N) is 1. The van der Waals surface area contributed by atoms with Crippen LogP contribution in [0.4, 0.5) is 20.7 Å². The van der Waals surface area contributed by atoms with Crippen LogP contribution in [-0.4, -0.2) is 50.6 Å². The Morgan fingerprint density at radius 2 is 1.97 bits per heavy atom. The van der Waals surface area contributed by atoms with Gasteiger partial charge >= 0.3 is 6.03 Å². The predicted molar refractivity (Wildman–Crippen MR) is 145 cm³/mol. The highest BCUT2D eigenvalue weighted by atomic mass is 19.1. The van der Waals surface area contributed by atoms with E-state index < -0.39 is 35.8 Å². The summed E-state index contributed by atoms with van der Waals surface area (Å²) in [4.78, 5) is 47.3. The lowest BCUT2D eigenvalue weighted by Gasteiger charge is -2.46. The Bertz CT molecular complexity index is 1390. The van der Waals surface area contributed by atoms with E-state index in [0.717, 1.165) is 22.4 Å². The van der Waals surface area contributed by atoms with Gasteiger partial charge in [0.05, 0.1) is 23.8 Å². The minimum Gasteiger partial charge on any atom is -0.384 e. The van der Waals surface area contributed by atoms with Crippen LogP contribution in [0.2, 0.25) is 0 Å². The quantitative estimate of drug-likeness (QED) is 0.426. The highest BCUT2D eigenvalue weighted by Gasteiger charge is 2.55. The number of nitrogens with zero attached hydrogens (tertiary/aromatic N) is 5. The van der Waals surface area contributed by atoms with E-state index in [1.807, 2.05) is 13.0 Å². The number of likely N-dealkylation sites (tertiary alicyclic amines) is 1. The zero-order chi connectivity index (χ0) is 28.4. The second-order valence-corrected chi connectivity index (χ2v) is 10.1. The molecule has 3 aromatic rings. The van der Waals surface area contributed by atoms with Crippen LogP contribution in [0.25, 0.3) is 0 Å². The van der Waals surface area contributed by atoms with Crippen molar-refractivity contribution in [2.75, 3.05) is 17.7 Å². The summed E-state index contributed by atoms with van der Waals surface area (Å²) in [5.41, 5.74) is 9.34. The number of halogens is 1. The molecule has 3 heterocycles. The van der Waals surface area contributed by atoms with Gasteiger partial charge in [0, 0.05) is 26.0 Å². The third kappa shape index (κ3) is 5.76. The normalized spacial score (nSPS) is 17.5. The van der Waals surface area contributed by atoms with Crippen LogP contribution in [0.5, 0.6) is 0 Å². The number of anilines is 2. The molecule has 4 amide bonds. The number of likely N-dealkylation sites (N-methyl/N-ethyl adjacent to an activating group) is 1. The number of urea groups is 1. The molecule has 1 aromatic carbocycles. The van der Waals surface area contributed by atoms with E-state index in [2.05, 4.69) is 15.4 Å². The number of carbonyl (C=O) groups excluding carboxylic acids is 3. The number of nitrogen functional groups attached to an aromatic ring is 1. The Balaban J connectivity index is 1.63. The first kappa shape index (κ1) is 27.7. The van der Waals surface area contributed by atoms with Gasteiger partial charge in [-0.15, -0.1) is 0 Å². The zero-order valence-corrected chi connectivity index (χ0v) is 22.8. The SMILES string of the molecule is CCC[C@@H](NC(=O)N1C(=O)[C@H](Cc2cc(C)nc(N)c2)[C@H]1C(=O)N(C)c1cnn(C)c1)c1ccc(F)cc1C. The standard InChI is InChI=1S/C28H34FN7O3/c1-6-7-23(21-9-8-19(29)10-16(21)2)33-28(39)36-25(27(38)35(5)20-14-31-34(4)15-20)22(26(36)37)12-18-11-17(3)32-24(30)13-18/h8-11,13-15,22-23,25H,6-7,12H2,1-5H3,(H2,30,32)(H,33,39)/t22-,23-,25+/m1/s1. The molecule has 0 spiro atoms. The van der Waals surface area contributed by atoms with Gasteiger partial charge < -0.3 is 16.0 Å². The van der Waals surface area contributed by atoms with Crippen LogP contribution < -0.4 is 16.0 Å². The highest BCUT2D eigenvalue weighted by molar-refractivity contribution is 6.12. The summed E-state index contributed by atoms with van der Waals surface area (Å²) in [5, 5.41) is 7.05. The van der Waals surface area contributed by atoms with Gasteiger partial charge in [-0.2, -0.15) is 5.10 Å². The molecule has 1 fully saturated rings. The topological polar surface area (TPSA) is 126 Å². The van der Waals surface area contributed by atoms with Crippen molar-refractivity contribution in [3.05, 3.63) is 70.9 Å². The lowest BCUT2D eigenvalue weighted by Crippen LogP contribution is -2.70. The molecule has 0 saturated carbocycles. The third-order valence-corrected chi connectivity index (χ3v) is 7.07. The smallest absolute Gasteiger partial charge is 0.325 e. The van der Waals surface area contributed by atoms with Gasteiger partial charge in [-0.3, -0.25) is 19.2 Å². The molecule has 1 saturated heterocycles.